The highest BCUT2D eigenvalue weighted by molar-refractivity contribution is 6.06. The van der Waals surface area contributed by atoms with E-state index in [0.717, 1.165) is 11.3 Å². The zero-order chi connectivity index (χ0) is 18.3. The van der Waals surface area contributed by atoms with Gasteiger partial charge in [-0.15, -0.1) is 0 Å². The lowest BCUT2D eigenvalue weighted by atomic mass is 10.0. The SMILES string of the molecule is NC(=O)[C@@H]1CN(C(=O)[C@@H]2CC(=O)N(c3ccccc3)C2)c2ccccc21. The molecule has 0 radical (unpaired) electrons. The molecular weight excluding hydrogens is 330 g/mol. The van der Waals surface area contributed by atoms with Crippen molar-refractivity contribution in [2.45, 2.75) is 12.3 Å². The summed E-state index contributed by atoms with van der Waals surface area (Å²) in [6.07, 6.45) is 0.174. The number of nitrogens with zero attached hydrogens (tertiary/aromatic N) is 2. The van der Waals surface area contributed by atoms with Crippen LogP contribution in [-0.4, -0.2) is 30.8 Å². The van der Waals surface area contributed by atoms with Crippen LogP contribution in [0.25, 0.3) is 0 Å². The molecular formula is C20H19N3O3. The molecule has 3 amide bonds. The number of carbonyl (C=O) groups is 3. The number of carbonyl (C=O) groups excluding carboxylic acids is 3. The molecule has 2 N–H and O–H groups in total. The highest BCUT2D eigenvalue weighted by Gasteiger charge is 2.42. The molecule has 2 atom stereocenters. The molecule has 2 aliphatic rings. The van der Waals surface area contributed by atoms with Gasteiger partial charge in [-0.1, -0.05) is 36.4 Å². The Morgan fingerprint density at radius 2 is 1.65 bits per heavy atom. The molecule has 0 saturated carbocycles. The van der Waals surface area contributed by atoms with Gasteiger partial charge >= 0.3 is 0 Å². The van der Waals surface area contributed by atoms with E-state index in [1.54, 1.807) is 9.80 Å². The number of anilines is 2. The minimum atomic E-state index is -0.502. The van der Waals surface area contributed by atoms with Crippen LogP contribution in [0.4, 0.5) is 11.4 Å². The molecule has 1 fully saturated rings. The first kappa shape index (κ1) is 16.3. The first-order valence-electron chi connectivity index (χ1n) is 8.61. The van der Waals surface area contributed by atoms with Gasteiger partial charge < -0.3 is 15.5 Å². The number of primary amides is 1. The first-order chi connectivity index (χ1) is 12.6. The van der Waals surface area contributed by atoms with Gasteiger partial charge in [-0.25, -0.2) is 0 Å². The Kier molecular flexibility index (Phi) is 3.95. The van der Waals surface area contributed by atoms with Crippen LogP contribution in [0.5, 0.6) is 0 Å². The number of amides is 3. The molecule has 6 heteroatoms. The molecule has 2 aromatic carbocycles. The van der Waals surface area contributed by atoms with Crippen molar-refractivity contribution in [2.24, 2.45) is 11.7 Å². The highest BCUT2D eigenvalue weighted by Crippen LogP contribution is 2.38. The number of para-hydroxylation sites is 2. The number of fused-ring (bicyclic) bond motifs is 1. The van der Waals surface area contributed by atoms with Crippen LogP contribution in [0.15, 0.2) is 54.6 Å². The molecule has 26 heavy (non-hydrogen) atoms. The van der Waals surface area contributed by atoms with Crippen molar-refractivity contribution < 1.29 is 14.4 Å². The fourth-order valence-corrected chi connectivity index (χ4v) is 3.81. The zero-order valence-corrected chi connectivity index (χ0v) is 14.2. The molecule has 0 unspecified atom stereocenters. The molecule has 0 spiro atoms. The normalized spacial score (nSPS) is 21.8. The van der Waals surface area contributed by atoms with Gasteiger partial charge in [-0.3, -0.25) is 14.4 Å². The van der Waals surface area contributed by atoms with Crippen molar-refractivity contribution in [3.05, 3.63) is 60.2 Å². The average molecular weight is 349 g/mol. The highest BCUT2D eigenvalue weighted by atomic mass is 16.2. The van der Waals surface area contributed by atoms with Crippen molar-refractivity contribution in [2.75, 3.05) is 22.9 Å². The summed E-state index contributed by atoms with van der Waals surface area (Å²) >= 11 is 0. The Hall–Kier alpha value is -3.15. The fourth-order valence-electron chi connectivity index (χ4n) is 3.81. The smallest absolute Gasteiger partial charge is 0.232 e. The van der Waals surface area contributed by atoms with Crippen molar-refractivity contribution >= 4 is 29.1 Å². The van der Waals surface area contributed by atoms with Crippen LogP contribution in [0.3, 0.4) is 0 Å². The van der Waals surface area contributed by atoms with Crippen molar-refractivity contribution in [3.8, 4) is 0 Å². The third-order valence-corrected chi connectivity index (χ3v) is 5.12. The fraction of sp³-hybridized carbons (Fsp3) is 0.250. The summed E-state index contributed by atoms with van der Waals surface area (Å²) in [5, 5.41) is 0. The Morgan fingerprint density at radius 3 is 2.38 bits per heavy atom. The summed E-state index contributed by atoms with van der Waals surface area (Å²) in [5.41, 5.74) is 7.80. The zero-order valence-electron chi connectivity index (χ0n) is 14.2. The largest absolute Gasteiger partial charge is 0.369 e. The van der Waals surface area contributed by atoms with Crippen LogP contribution in [-0.2, 0) is 14.4 Å². The lowest BCUT2D eigenvalue weighted by molar-refractivity contribution is -0.124. The van der Waals surface area contributed by atoms with E-state index in [9.17, 15) is 14.4 Å². The number of hydrogen-bond acceptors (Lipinski definition) is 3. The topological polar surface area (TPSA) is 83.7 Å². The average Bonchev–Trinajstić information content (AvgIpc) is 3.23. The van der Waals surface area contributed by atoms with Gasteiger partial charge in [-0.2, -0.15) is 0 Å². The lowest BCUT2D eigenvalue weighted by Crippen LogP contribution is -2.38. The van der Waals surface area contributed by atoms with Crippen LogP contribution in [0.2, 0.25) is 0 Å². The minimum absolute atomic E-state index is 0.0616. The van der Waals surface area contributed by atoms with Gasteiger partial charge in [0.15, 0.2) is 0 Å². The van der Waals surface area contributed by atoms with Crippen LogP contribution in [0, 0.1) is 5.92 Å². The third kappa shape index (κ3) is 2.63. The lowest BCUT2D eigenvalue weighted by Gasteiger charge is -2.22. The van der Waals surface area contributed by atoms with Gasteiger partial charge in [0.1, 0.15) is 0 Å². The maximum Gasteiger partial charge on any atom is 0.232 e. The van der Waals surface area contributed by atoms with Gasteiger partial charge in [-0.05, 0) is 23.8 Å². The Labute approximate surface area is 151 Å². The van der Waals surface area contributed by atoms with Crippen LogP contribution >= 0.6 is 0 Å². The Balaban J connectivity index is 1.58. The number of hydrogen-bond donors (Lipinski definition) is 1. The maximum atomic E-state index is 13.1. The monoisotopic (exact) mass is 349 g/mol. The molecule has 0 aromatic heterocycles. The standard InChI is InChI=1S/C20H19N3O3/c21-19(25)16-12-23(17-9-5-4-8-15(16)17)20(26)13-10-18(24)22(11-13)14-6-2-1-3-7-14/h1-9,13,16H,10-12H2,(H2,21,25)/t13-,16-/m1/s1. The Morgan fingerprint density at radius 1 is 0.962 bits per heavy atom. The second-order valence-corrected chi connectivity index (χ2v) is 6.70. The second kappa shape index (κ2) is 6.29. The Bertz CT molecular complexity index is 881. The second-order valence-electron chi connectivity index (χ2n) is 6.70. The number of benzene rings is 2. The first-order valence-corrected chi connectivity index (χ1v) is 8.61. The summed E-state index contributed by atoms with van der Waals surface area (Å²) < 4.78 is 0. The number of nitrogens with two attached hydrogens (primary N) is 1. The minimum Gasteiger partial charge on any atom is -0.369 e. The molecule has 132 valence electrons. The molecule has 0 bridgehead atoms. The van der Waals surface area contributed by atoms with E-state index in [1.807, 2.05) is 54.6 Å². The quantitative estimate of drug-likeness (QED) is 0.915. The predicted octanol–water partition coefficient (Wildman–Crippen LogP) is 1.66. The molecule has 4 rings (SSSR count). The van der Waals surface area contributed by atoms with E-state index in [4.69, 9.17) is 5.73 Å². The summed E-state index contributed by atoms with van der Waals surface area (Å²) in [5.74, 6) is -1.57. The van der Waals surface area contributed by atoms with E-state index in [1.165, 1.54) is 0 Å². The summed E-state index contributed by atoms with van der Waals surface area (Å²) in [6, 6.07) is 16.7. The molecule has 1 saturated heterocycles. The summed E-state index contributed by atoms with van der Waals surface area (Å²) in [6.45, 7) is 0.588. The maximum absolute atomic E-state index is 13.1. The molecule has 2 aliphatic heterocycles. The summed E-state index contributed by atoms with van der Waals surface area (Å²) in [4.78, 5) is 40.5. The van der Waals surface area contributed by atoms with Gasteiger partial charge in [0.05, 0.1) is 11.8 Å². The van der Waals surface area contributed by atoms with E-state index in [0.29, 0.717) is 12.2 Å². The van der Waals surface area contributed by atoms with E-state index >= 15 is 0 Å². The van der Waals surface area contributed by atoms with E-state index < -0.39 is 17.7 Å². The predicted molar refractivity (Wildman–Crippen MR) is 97.6 cm³/mol. The van der Waals surface area contributed by atoms with Gasteiger partial charge in [0.25, 0.3) is 0 Å². The van der Waals surface area contributed by atoms with Crippen molar-refractivity contribution in [3.63, 3.8) is 0 Å². The van der Waals surface area contributed by atoms with E-state index in [2.05, 4.69) is 0 Å². The van der Waals surface area contributed by atoms with Crippen molar-refractivity contribution in [1.29, 1.82) is 0 Å². The third-order valence-electron chi connectivity index (χ3n) is 5.12. The van der Waals surface area contributed by atoms with Crippen LogP contribution < -0.4 is 15.5 Å². The molecule has 0 aliphatic carbocycles. The number of rotatable bonds is 3. The molecule has 2 heterocycles. The summed E-state index contributed by atoms with van der Waals surface area (Å²) in [7, 11) is 0. The van der Waals surface area contributed by atoms with Gasteiger partial charge in [0.2, 0.25) is 17.7 Å². The molecule has 2 aromatic rings. The van der Waals surface area contributed by atoms with Crippen LogP contribution in [0.1, 0.15) is 17.9 Å². The van der Waals surface area contributed by atoms with E-state index in [-0.39, 0.29) is 24.8 Å². The van der Waals surface area contributed by atoms with Gasteiger partial charge in [0, 0.05) is 30.9 Å². The van der Waals surface area contributed by atoms with Crippen molar-refractivity contribution in [1.82, 2.24) is 0 Å². The molecule has 6 nitrogen and oxygen atoms in total.